The van der Waals surface area contributed by atoms with Crippen LogP contribution in [0.4, 0.5) is 43.9 Å². The van der Waals surface area contributed by atoms with Gasteiger partial charge in [-0.15, -0.1) is 46.7 Å². The highest BCUT2D eigenvalue weighted by atomic mass is 19.4. The van der Waals surface area contributed by atoms with Gasteiger partial charge in [0, 0.05) is 23.7 Å². The molecule has 48 heavy (non-hydrogen) atoms. The number of rotatable bonds is 7. The maximum Gasteiger partial charge on any atom is 0.573 e. The molecule has 0 spiro atoms. The van der Waals surface area contributed by atoms with Crippen molar-refractivity contribution >= 4 is 11.3 Å². The van der Waals surface area contributed by atoms with Gasteiger partial charge in [-0.1, -0.05) is 24.3 Å². The molecule has 10 nitrogen and oxygen atoms in total. The lowest BCUT2D eigenvalue weighted by atomic mass is 10.1. The first-order valence-corrected chi connectivity index (χ1v) is 13.3. The maximum atomic E-state index is 12.9. The minimum Gasteiger partial charge on any atom is -0.406 e. The molecule has 0 fully saturated rings. The maximum absolute atomic E-state index is 12.9. The minimum atomic E-state index is -4.74. The van der Waals surface area contributed by atoms with Gasteiger partial charge in [-0.25, -0.2) is 0 Å². The normalized spacial score (nSPS) is 12.3. The largest absolute Gasteiger partial charge is 0.573 e. The second-order valence-corrected chi connectivity index (χ2v) is 9.57. The predicted molar refractivity (Wildman–Crippen MR) is 145 cm³/mol. The fraction of sp³-hybridized carbons (Fsp3) is 0.214. The van der Waals surface area contributed by atoms with Crippen molar-refractivity contribution in [3.05, 3.63) is 90.3 Å². The smallest absolute Gasteiger partial charge is 0.406 e. The van der Waals surface area contributed by atoms with Crippen molar-refractivity contribution in [1.29, 1.82) is 0 Å². The van der Waals surface area contributed by atoms with E-state index in [1.807, 2.05) is 0 Å². The Kier molecular flexibility index (Phi) is 9.46. The van der Waals surface area contributed by atoms with Crippen molar-refractivity contribution < 1.29 is 53.4 Å². The highest BCUT2D eigenvalue weighted by Gasteiger charge is 2.37. The van der Waals surface area contributed by atoms with Crippen LogP contribution in [0.5, 0.6) is 5.75 Å². The number of alkyl halides is 10. The Morgan fingerprint density at radius 3 is 1.94 bits per heavy atom. The molecule has 0 aliphatic heterocycles. The molecule has 0 saturated heterocycles. The molecule has 0 N–H and O–H groups in total. The summed E-state index contributed by atoms with van der Waals surface area (Å²) in [6.07, 6.45) is -11.0. The van der Waals surface area contributed by atoms with E-state index in [0.29, 0.717) is 32.8 Å². The number of hydrogen-bond acceptors (Lipinski definition) is 8. The van der Waals surface area contributed by atoms with Crippen LogP contribution in [0.25, 0.3) is 33.8 Å². The first-order chi connectivity index (χ1) is 22.6. The molecule has 20 heteroatoms. The molecule has 0 aliphatic rings. The number of fused-ring (bicyclic) bond motifs is 2. The lowest BCUT2D eigenvalue weighted by molar-refractivity contribution is -0.330. The monoisotopic (exact) mass is 688 g/mol. The summed E-state index contributed by atoms with van der Waals surface area (Å²) in [7, 11) is 0. The van der Waals surface area contributed by atoms with E-state index < -0.39 is 38.0 Å². The van der Waals surface area contributed by atoms with E-state index >= 15 is 0 Å². The lowest BCUT2D eigenvalue weighted by Gasteiger charge is -2.09. The highest BCUT2D eigenvalue weighted by Crippen LogP contribution is 2.29. The summed E-state index contributed by atoms with van der Waals surface area (Å²) in [5.74, 6) is -1.13. The van der Waals surface area contributed by atoms with Crippen molar-refractivity contribution in [3.63, 3.8) is 0 Å². The summed E-state index contributed by atoms with van der Waals surface area (Å²) >= 11 is 0. The van der Waals surface area contributed by atoms with Gasteiger partial charge in [0.1, 0.15) is 11.6 Å². The van der Waals surface area contributed by atoms with Gasteiger partial charge in [0.25, 0.3) is 5.82 Å². The van der Waals surface area contributed by atoms with Gasteiger partial charge in [-0.2, -0.15) is 22.8 Å². The number of aryl methyl sites for hydroxylation is 1. The van der Waals surface area contributed by atoms with Crippen LogP contribution in [0.2, 0.25) is 0 Å². The molecule has 0 unspecified atom stereocenters. The number of ether oxygens (including phenoxy) is 2. The zero-order valence-corrected chi connectivity index (χ0v) is 23.7. The number of nitrogens with zero attached hydrogens (tertiary/aromatic N) is 8. The zero-order valence-electron chi connectivity index (χ0n) is 23.7. The van der Waals surface area contributed by atoms with E-state index in [0.717, 1.165) is 0 Å². The molecule has 252 valence electrons. The molecule has 2 aromatic carbocycles. The summed E-state index contributed by atoms with van der Waals surface area (Å²) < 4.78 is 133. The van der Waals surface area contributed by atoms with Crippen LogP contribution in [-0.2, 0) is 23.9 Å². The Hall–Kier alpha value is -5.40. The molecular formula is C28H18F10N8O2. The first kappa shape index (κ1) is 33.9. The molecule has 4 heterocycles. The zero-order chi connectivity index (χ0) is 34.7. The van der Waals surface area contributed by atoms with Crippen LogP contribution in [0.3, 0.4) is 0 Å². The summed E-state index contributed by atoms with van der Waals surface area (Å²) in [5, 5.41) is 18.0. The molecule has 0 atom stereocenters. The number of halogens is 10. The van der Waals surface area contributed by atoms with Crippen molar-refractivity contribution in [3.8, 4) is 28.3 Å². The fourth-order valence-corrected chi connectivity index (χ4v) is 4.14. The Labute approximate surface area is 261 Å². The third-order valence-electron chi connectivity index (χ3n) is 6.23. The van der Waals surface area contributed by atoms with Crippen LogP contribution in [0, 0.1) is 0 Å². The molecule has 4 aromatic heterocycles. The number of hydrogen-bond donors (Lipinski definition) is 0. The van der Waals surface area contributed by atoms with E-state index in [1.54, 1.807) is 10.6 Å². The second-order valence-electron chi connectivity index (χ2n) is 9.57. The lowest BCUT2D eigenvalue weighted by Crippen LogP contribution is -2.16. The standard InChI is InChI=1S/C14H8F6N4O.C14H10F4N4O/c15-13(16,17)12-22-21-11-6-5-10(23-24(11)12)9-3-1-8(2-4-9)7-25-14(18,19)20;15-6-5-12-20-21-13-7-19-11(8-22(12)13)9-1-3-10(4-2-9)23-14(16,17)18/h1-6H,7H2;1-4,7-8H,5-6H2. The molecule has 6 aromatic rings. The van der Waals surface area contributed by atoms with Gasteiger partial charge in [0.05, 0.1) is 30.9 Å². The summed E-state index contributed by atoms with van der Waals surface area (Å²) in [6.45, 7) is -1.23. The SMILES string of the molecule is FC(F)(F)OCc1ccc(-c2ccc3nnc(C(F)(F)F)n3n2)cc1.FCCc1nnc2cnc(-c3ccc(OC(F)(F)F)cc3)cn12. The van der Waals surface area contributed by atoms with Crippen molar-refractivity contribution in [2.75, 3.05) is 6.67 Å². The third-order valence-corrected chi connectivity index (χ3v) is 6.23. The number of benzene rings is 2. The molecule has 0 radical (unpaired) electrons. The second kappa shape index (κ2) is 13.4. The molecule has 0 amide bonds. The van der Waals surface area contributed by atoms with Crippen LogP contribution >= 0.6 is 0 Å². The van der Waals surface area contributed by atoms with E-state index in [-0.39, 0.29) is 29.1 Å². The van der Waals surface area contributed by atoms with E-state index in [9.17, 15) is 43.9 Å². The van der Waals surface area contributed by atoms with Gasteiger partial charge in [-0.05, 0) is 42.0 Å². The summed E-state index contributed by atoms with van der Waals surface area (Å²) in [5.41, 5.74) is 2.32. The van der Waals surface area contributed by atoms with Crippen LogP contribution in [-0.4, -0.2) is 58.8 Å². The quantitative estimate of drug-likeness (QED) is 0.165. The van der Waals surface area contributed by atoms with Gasteiger partial charge in [-0.3, -0.25) is 18.5 Å². The molecule has 0 saturated carbocycles. The topological polar surface area (TPSA) is 105 Å². The van der Waals surface area contributed by atoms with E-state index in [1.165, 1.54) is 66.9 Å². The Morgan fingerprint density at radius 2 is 1.31 bits per heavy atom. The summed E-state index contributed by atoms with van der Waals surface area (Å²) in [6, 6.07) is 13.6. The highest BCUT2D eigenvalue weighted by molar-refractivity contribution is 5.61. The number of aromatic nitrogens is 8. The van der Waals surface area contributed by atoms with E-state index in [2.05, 4.69) is 40.0 Å². The Bertz CT molecular complexity index is 1990. The Balaban J connectivity index is 0.000000188. The average molecular weight is 688 g/mol. The molecule has 6 rings (SSSR count). The van der Waals surface area contributed by atoms with Crippen LogP contribution in [0.1, 0.15) is 17.2 Å². The van der Waals surface area contributed by atoms with Crippen LogP contribution in [0.15, 0.2) is 73.1 Å². The van der Waals surface area contributed by atoms with Crippen molar-refractivity contribution in [2.24, 2.45) is 0 Å². The van der Waals surface area contributed by atoms with Crippen molar-refractivity contribution in [2.45, 2.75) is 31.9 Å². The van der Waals surface area contributed by atoms with Gasteiger partial charge >= 0.3 is 18.9 Å². The third kappa shape index (κ3) is 8.49. The van der Waals surface area contributed by atoms with Crippen molar-refractivity contribution in [1.82, 2.24) is 39.4 Å². The molecule has 0 bridgehead atoms. The van der Waals surface area contributed by atoms with Gasteiger partial charge < -0.3 is 4.74 Å². The average Bonchev–Trinajstić information content (AvgIpc) is 3.64. The van der Waals surface area contributed by atoms with Gasteiger partial charge in [0.2, 0.25) is 0 Å². The fourth-order valence-electron chi connectivity index (χ4n) is 4.14. The molecule has 0 aliphatic carbocycles. The van der Waals surface area contributed by atoms with Crippen LogP contribution < -0.4 is 4.74 Å². The Morgan fingerprint density at radius 1 is 0.667 bits per heavy atom. The first-order valence-electron chi connectivity index (χ1n) is 13.3. The summed E-state index contributed by atoms with van der Waals surface area (Å²) in [4.78, 5) is 4.17. The molecular weight excluding hydrogens is 670 g/mol. The minimum absolute atomic E-state index is 0.0775. The predicted octanol–water partition coefficient (Wildman–Crippen LogP) is 7.05. The van der Waals surface area contributed by atoms with E-state index in [4.69, 9.17) is 0 Å². The van der Waals surface area contributed by atoms with Gasteiger partial charge in [0.15, 0.2) is 11.3 Å².